The van der Waals surface area contributed by atoms with E-state index in [9.17, 15) is 9.90 Å². The molecular formula is C12H21N3O2. The second-order valence-electron chi connectivity index (χ2n) is 6.00. The van der Waals surface area contributed by atoms with Gasteiger partial charge < -0.3 is 5.11 Å². The van der Waals surface area contributed by atoms with Crippen LogP contribution in [0.3, 0.4) is 0 Å². The van der Waals surface area contributed by atoms with Gasteiger partial charge in [0, 0.05) is 25.0 Å². The number of carbonyl (C=O) groups excluding carboxylic acids is 1. The van der Waals surface area contributed by atoms with Crippen molar-refractivity contribution < 1.29 is 9.90 Å². The monoisotopic (exact) mass is 239 g/mol. The highest BCUT2D eigenvalue weighted by molar-refractivity contribution is 5.77. The maximum atomic E-state index is 11.4. The third-order valence-corrected chi connectivity index (χ3v) is 5.05. The van der Waals surface area contributed by atoms with Crippen molar-refractivity contribution >= 4 is 5.91 Å². The molecule has 0 aromatic carbocycles. The molecule has 17 heavy (non-hydrogen) atoms. The second-order valence-corrected chi connectivity index (χ2v) is 6.00. The first kappa shape index (κ1) is 11.4. The first-order valence-electron chi connectivity index (χ1n) is 6.54. The molecule has 0 radical (unpaired) electrons. The van der Waals surface area contributed by atoms with Gasteiger partial charge in [-0.1, -0.05) is 6.92 Å². The van der Waals surface area contributed by atoms with Crippen molar-refractivity contribution in [2.75, 3.05) is 13.1 Å². The molecule has 0 aromatic rings. The second kappa shape index (κ2) is 3.93. The van der Waals surface area contributed by atoms with E-state index in [0.717, 1.165) is 12.5 Å². The van der Waals surface area contributed by atoms with E-state index < -0.39 is 0 Å². The number of fused-ring (bicyclic) bond motifs is 1. The fourth-order valence-electron chi connectivity index (χ4n) is 4.32. The van der Waals surface area contributed by atoms with E-state index in [1.165, 1.54) is 12.8 Å². The normalized spacial score (nSPS) is 45.2. The van der Waals surface area contributed by atoms with Crippen molar-refractivity contribution in [3.8, 4) is 0 Å². The number of likely N-dealkylation sites (tertiary alicyclic amines) is 1. The van der Waals surface area contributed by atoms with E-state index in [1.54, 1.807) is 0 Å². The Morgan fingerprint density at radius 1 is 1.53 bits per heavy atom. The van der Waals surface area contributed by atoms with Crippen LogP contribution in [-0.4, -0.2) is 41.1 Å². The van der Waals surface area contributed by atoms with Crippen LogP contribution in [0.2, 0.25) is 0 Å². The third kappa shape index (κ3) is 1.60. The van der Waals surface area contributed by atoms with Crippen molar-refractivity contribution in [2.24, 2.45) is 29.5 Å². The van der Waals surface area contributed by atoms with Gasteiger partial charge in [-0.25, -0.2) is 5.84 Å². The van der Waals surface area contributed by atoms with Crippen molar-refractivity contribution in [2.45, 2.75) is 31.9 Å². The molecule has 96 valence electrons. The number of nitrogens with zero attached hydrogens (tertiary/aromatic N) is 1. The maximum Gasteiger partial charge on any atom is 0.237 e. The summed E-state index contributed by atoms with van der Waals surface area (Å²) in [6, 6.07) is 0.298. The van der Waals surface area contributed by atoms with Crippen LogP contribution in [0, 0.1) is 23.7 Å². The molecular weight excluding hydrogens is 218 g/mol. The summed E-state index contributed by atoms with van der Waals surface area (Å²) in [6.07, 6.45) is 2.19. The summed E-state index contributed by atoms with van der Waals surface area (Å²) < 4.78 is 0. The minimum absolute atomic E-state index is 0.108. The predicted octanol–water partition coefficient (Wildman–Crippen LogP) is -0.686. The number of nitrogens with one attached hydrogen (secondary N) is 1. The van der Waals surface area contributed by atoms with Gasteiger partial charge in [-0.3, -0.25) is 15.1 Å². The molecule has 1 saturated heterocycles. The summed E-state index contributed by atoms with van der Waals surface area (Å²) in [7, 11) is 0. The van der Waals surface area contributed by atoms with Gasteiger partial charge in [-0.2, -0.15) is 0 Å². The van der Waals surface area contributed by atoms with Crippen LogP contribution in [0.1, 0.15) is 19.8 Å². The lowest BCUT2D eigenvalue weighted by Crippen LogP contribution is -2.45. The zero-order valence-electron chi connectivity index (χ0n) is 10.2. The smallest absolute Gasteiger partial charge is 0.237 e. The summed E-state index contributed by atoms with van der Waals surface area (Å²) in [5.74, 6) is 6.86. The van der Waals surface area contributed by atoms with Crippen LogP contribution in [0.4, 0.5) is 0 Å². The maximum absolute atomic E-state index is 11.4. The van der Waals surface area contributed by atoms with E-state index in [-0.39, 0.29) is 17.9 Å². The average Bonchev–Trinajstić information content (AvgIpc) is 2.89. The van der Waals surface area contributed by atoms with Gasteiger partial charge in [0.1, 0.15) is 0 Å². The van der Waals surface area contributed by atoms with Crippen molar-refractivity contribution in [1.82, 2.24) is 10.3 Å². The number of amides is 1. The standard InChI is InChI=1S/C12H21N3O2/c1-6(12(17)14-13)4-15-5-8-2-7-3-9(8)10(15)11(7)16/h6-11,16H,2-5,13H2,1H3,(H,14,17). The zero-order chi connectivity index (χ0) is 12.2. The third-order valence-electron chi connectivity index (χ3n) is 5.05. The highest BCUT2D eigenvalue weighted by Gasteiger charge is 2.58. The summed E-state index contributed by atoms with van der Waals surface area (Å²) in [6.45, 7) is 3.65. The van der Waals surface area contributed by atoms with Gasteiger partial charge in [0.2, 0.25) is 5.91 Å². The first-order chi connectivity index (χ1) is 8.11. The predicted molar refractivity (Wildman–Crippen MR) is 62.6 cm³/mol. The number of carbonyl (C=O) groups is 1. The lowest BCUT2D eigenvalue weighted by Gasteiger charge is -2.30. The molecule has 5 heteroatoms. The number of hydrogen-bond acceptors (Lipinski definition) is 4. The number of nitrogens with two attached hydrogens (primary N) is 1. The van der Waals surface area contributed by atoms with Crippen LogP contribution in [0.15, 0.2) is 0 Å². The Labute approximate surface area is 101 Å². The highest BCUT2D eigenvalue weighted by atomic mass is 16.3. The Balaban J connectivity index is 1.68. The molecule has 3 aliphatic rings. The van der Waals surface area contributed by atoms with Crippen LogP contribution < -0.4 is 11.3 Å². The lowest BCUT2D eigenvalue weighted by atomic mass is 9.88. The molecule has 2 bridgehead atoms. The lowest BCUT2D eigenvalue weighted by molar-refractivity contribution is -0.125. The van der Waals surface area contributed by atoms with Gasteiger partial charge in [0.15, 0.2) is 0 Å². The van der Waals surface area contributed by atoms with Crippen LogP contribution >= 0.6 is 0 Å². The Bertz CT molecular complexity index is 334. The highest BCUT2D eigenvalue weighted by Crippen LogP contribution is 2.54. The number of hydrazine groups is 1. The molecule has 1 heterocycles. The molecule has 4 N–H and O–H groups in total. The number of aliphatic hydroxyl groups excluding tert-OH is 1. The van der Waals surface area contributed by atoms with Crippen LogP contribution in [0.25, 0.3) is 0 Å². The fourth-order valence-corrected chi connectivity index (χ4v) is 4.32. The van der Waals surface area contributed by atoms with Gasteiger partial charge in [-0.15, -0.1) is 0 Å². The van der Waals surface area contributed by atoms with Gasteiger partial charge in [0.25, 0.3) is 0 Å². The molecule has 1 aliphatic heterocycles. The van der Waals surface area contributed by atoms with Gasteiger partial charge >= 0.3 is 0 Å². The zero-order valence-corrected chi connectivity index (χ0v) is 10.2. The molecule has 5 nitrogen and oxygen atoms in total. The average molecular weight is 239 g/mol. The van der Waals surface area contributed by atoms with E-state index in [4.69, 9.17) is 5.84 Å². The fraction of sp³-hybridized carbons (Fsp3) is 0.917. The van der Waals surface area contributed by atoms with Crippen LogP contribution in [0.5, 0.6) is 0 Å². The minimum atomic E-state index is -0.174. The summed E-state index contributed by atoms with van der Waals surface area (Å²) in [4.78, 5) is 13.8. The van der Waals surface area contributed by atoms with Crippen molar-refractivity contribution in [3.05, 3.63) is 0 Å². The summed E-state index contributed by atoms with van der Waals surface area (Å²) in [5.41, 5.74) is 2.20. The Hall–Kier alpha value is -0.650. The van der Waals surface area contributed by atoms with E-state index in [2.05, 4.69) is 10.3 Å². The molecule has 3 rings (SSSR count). The number of hydrogen-bond donors (Lipinski definition) is 3. The summed E-state index contributed by atoms with van der Waals surface area (Å²) >= 11 is 0. The first-order valence-corrected chi connectivity index (χ1v) is 6.54. The van der Waals surface area contributed by atoms with Gasteiger partial charge in [-0.05, 0) is 30.6 Å². The number of aliphatic hydroxyl groups is 1. The molecule has 0 aromatic heterocycles. The Morgan fingerprint density at radius 3 is 2.94 bits per heavy atom. The van der Waals surface area contributed by atoms with Gasteiger partial charge in [0.05, 0.1) is 6.10 Å². The molecule has 3 fully saturated rings. The van der Waals surface area contributed by atoms with E-state index in [1.807, 2.05) is 6.92 Å². The number of rotatable bonds is 3. The van der Waals surface area contributed by atoms with E-state index in [0.29, 0.717) is 24.4 Å². The van der Waals surface area contributed by atoms with Crippen molar-refractivity contribution in [3.63, 3.8) is 0 Å². The largest absolute Gasteiger partial charge is 0.391 e. The molecule has 6 unspecified atom stereocenters. The SMILES string of the molecule is CC(CN1CC2CC3CC2C1C3O)C(=O)NN. The van der Waals surface area contributed by atoms with Crippen molar-refractivity contribution in [1.29, 1.82) is 0 Å². The molecule has 1 amide bonds. The molecule has 6 atom stereocenters. The minimum Gasteiger partial charge on any atom is -0.391 e. The topological polar surface area (TPSA) is 78.6 Å². The Kier molecular flexibility index (Phi) is 2.65. The summed E-state index contributed by atoms with van der Waals surface area (Å²) in [5, 5.41) is 10.2. The molecule has 0 spiro atoms. The quantitative estimate of drug-likeness (QED) is 0.346. The molecule has 2 aliphatic carbocycles. The Morgan fingerprint density at radius 2 is 2.29 bits per heavy atom. The van der Waals surface area contributed by atoms with E-state index >= 15 is 0 Å². The van der Waals surface area contributed by atoms with Crippen LogP contribution in [-0.2, 0) is 4.79 Å². The molecule has 2 saturated carbocycles.